The number of carboxylic acid groups (broad SMARTS) is 2. The first-order valence-electron chi connectivity index (χ1n) is 23.0. The van der Waals surface area contributed by atoms with Crippen LogP contribution in [0.4, 0.5) is 0 Å². The predicted octanol–water partition coefficient (Wildman–Crippen LogP) is 9.10. The van der Waals surface area contributed by atoms with Crippen molar-refractivity contribution in [2.24, 2.45) is 17.8 Å². The first kappa shape index (κ1) is 50.6. The Morgan fingerprint density at radius 1 is 0.662 bits per heavy atom. The molecule has 0 spiro atoms. The molecule has 2 N–H and O–H groups in total. The zero-order valence-electron chi connectivity index (χ0n) is 39.5. The molecule has 366 valence electrons. The number of rotatable bonds is 21. The van der Waals surface area contributed by atoms with Crippen LogP contribution in [0.3, 0.4) is 0 Å². The minimum absolute atomic E-state index is 0.0404. The van der Waals surface area contributed by atoms with Gasteiger partial charge < -0.3 is 38.6 Å². The molecule has 0 radical (unpaired) electrons. The summed E-state index contributed by atoms with van der Waals surface area (Å²) in [5, 5.41) is 19.6. The zero-order chi connectivity index (χ0) is 50.9. The van der Waals surface area contributed by atoms with Gasteiger partial charge in [-0.15, -0.1) is 0 Å². The molecule has 0 amide bonds. The molecule has 2 aliphatic carbocycles. The number of carboxylic acids is 2. The predicted molar refractivity (Wildman–Crippen MR) is 261 cm³/mol. The summed E-state index contributed by atoms with van der Waals surface area (Å²) in [5.41, 5.74) is 4.11. The Kier molecular flexibility index (Phi) is 15.7. The molecule has 71 heavy (non-hydrogen) atoms. The van der Waals surface area contributed by atoms with Crippen molar-refractivity contribution in [3.63, 3.8) is 0 Å². The Morgan fingerprint density at radius 2 is 1.18 bits per heavy atom. The Bertz CT molecular complexity index is 2810. The first-order valence-corrected chi connectivity index (χ1v) is 23.0. The van der Waals surface area contributed by atoms with E-state index in [-0.39, 0.29) is 50.4 Å². The van der Waals surface area contributed by atoms with E-state index < -0.39 is 70.7 Å². The van der Waals surface area contributed by atoms with Gasteiger partial charge in [-0.1, -0.05) is 110 Å². The Morgan fingerprint density at radius 3 is 1.72 bits per heavy atom. The molecule has 0 bridgehead atoms. The molecule has 14 heteroatoms. The normalized spacial score (nSPS) is 16.2. The van der Waals surface area contributed by atoms with Gasteiger partial charge in [-0.3, -0.25) is 9.59 Å². The van der Waals surface area contributed by atoms with Crippen LogP contribution < -0.4 is 9.47 Å². The fourth-order valence-electron chi connectivity index (χ4n) is 9.05. The lowest BCUT2D eigenvalue weighted by atomic mass is 9.68. The minimum Gasteiger partial charge on any atom is -0.493 e. The number of esters is 4. The highest BCUT2D eigenvalue weighted by molar-refractivity contribution is 6.02. The molecule has 5 aromatic rings. The zero-order valence-corrected chi connectivity index (χ0v) is 39.5. The van der Waals surface area contributed by atoms with E-state index in [1.807, 2.05) is 60.7 Å². The second-order valence-electron chi connectivity index (χ2n) is 17.8. The fraction of sp³-hybridized carbons (Fsp3) is 0.263. The molecule has 0 fully saturated rings. The van der Waals surface area contributed by atoms with Crippen LogP contribution in [0, 0.1) is 24.7 Å². The number of aromatic carboxylic acids is 1. The third-order valence-corrected chi connectivity index (χ3v) is 12.9. The number of allylic oxidation sites excluding steroid dienone is 2. The van der Waals surface area contributed by atoms with Gasteiger partial charge >= 0.3 is 35.8 Å². The van der Waals surface area contributed by atoms with Crippen LogP contribution in [0.15, 0.2) is 153 Å². The first-order chi connectivity index (χ1) is 34.1. The average molecular weight is 963 g/mol. The van der Waals surface area contributed by atoms with Gasteiger partial charge in [-0.2, -0.15) is 0 Å². The molecule has 14 nitrogen and oxygen atoms in total. The minimum atomic E-state index is -1.30. The topological polar surface area (TPSA) is 198 Å². The van der Waals surface area contributed by atoms with E-state index in [2.05, 4.69) is 37.4 Å². The lowest BCUT2D eigenvalue weighted by Gasteiger charge is -2.36. The highest BCUT2D eigenvalue weighted by atomic mass is 16.6. The molecule has 2 aliphatic rings. The van der Waals surface area contributed by atoms with E-state index in [1.165, 1.54) is 12.1 Å². The van der Waals surface area contributed by atoms with E-state index in [0.717, 1.165) is 45.5 Å². The van der Waals surface area contributed by atoms with Gasteiger partial charge in [0, 0.05) is 12.2 Å². The molecular formula is C57H54O14. The second kappa shape index (κ2) is 22.0. The van der Waals surface area contributed by atoms with Crippen molar-refractivity contribution in [3.8, 4) is 22.6 Å². The fourth-order valence-corrected chi connectivity index (χ4v) is 9.05. The van der Waals surface area contributed by atoms with Crippen LogP contribution >= 0.6 is 0 Å². The standard InChI is InChI=1S/C57H54O14/c1-6-50(58)68-32-38(56(4,5)71-55(65)45-17-9-8-16-44(45)52(60)61)31-66-39-25-21-36(22-26-39)57(48-18-12-10-14-42(48)43-15-11-13-19-49(43)57)37-23-27-40(28-24-37)67-33-41(34-69-51(59)7-2)70-54(64)46-29-20-35(3)30-47(46)53(62)63/h6-15,18-30,38,41,44-45H,1-2,16-17,31-34H2,3-5H3,(H,60,61)(H,62,63). The number of carbonyl (C=O) groups excluding carboxylic acids is 4. The van der Waals surface area contributed by atoms with Gasteiger partial charge in [0.2, 0.25) is 0 Å². The van der Waals surface area contributed by atoms with Gasteiger partial charge in [0.25, 0.3) is 0 Å². The molecule has 4 unspecified atom stereocenters. The van der Waals surface area contributed by atoms with Crippen LogP contribution in [-0.4, -0.2) is 84.2 Å². The van der Waals surface area contributed by atoms with Crippen molar-refractivity contribution in [3.05, 3.63) is 192 Å². The van der Waals surface area contributed by atoms with Crippen molar-refractivity contribution >= 4 is 35.8 Å². The van der Waals surface area contributed by atoms with E-state index in [1.54, 1.807) is 51.1 Å². The summed E-state index contributed by atoms with van der Waals surface area (Å²) in [6, 6.07) is 35.8. The summed E-state index contributed by atoms with van der Waals surface area (Å²) >= 11 is 0. The van der Waals surface area contributed by atoms with Crippen LogP contribution in [0.1, 0.15) is 75.2 Å². The summed E-state index contributed by atoms with van der Waals surface area (Å²) < 4.78 is 34.8. The highest BCUT2D eigenvalue weighted by Gasteiger charge is 2.46. The molecule has 0 saturated carbocycles. The highest BCUT2D eigenvalue weighted by Crippen LogP contribution is 2.56. The van der Waals surface area contributed by atoms with Gasteiger partial charge in [0.05, 0.1) is 40.9 Å². The summed E-state index contributed by atoms with van der Waals surface area (Å²) in [4.78, 5) is 75.0. The summed E-state index contributed by atoms with van der Waals surface area (Å²) in [6.07, 6.45) is 4.83. The van der Waals surface area contributed by atoms with Crippen LogP contribution in [-0.2, 0) is 43.5 Å². The van der Waals surface area contributed by atoms with Crippen molar-refractivity contribution < 1.29 is 67.4 Å². The number of fused-ring (bicyclic) bond motifs is 3. The maximum atomic E-state index is 13.5. The van der Waals surface area contributed by atoms with E-state index in [0.29, 0.717) is 17.1 Å². The summed E-state index contributed by atoms with van der Waals surface area (Å²) in [7, 11) is 0. The number of carbonyl (C=O) groups is 6. The molecular weight excluding hydrogens is 909 g/mol. The quantitative estimate of drug-likeness (QED) is 0.0300. The second-order valence-corrected chi connectivity index (χ2v) is 17.8. The molecule has 0 heterocycles. The van der Waals surface area contributed by atoms with Crippen molar-refractivity contribution in [2.75, 3.05) is 26.4 Å². The molecule has 7 rings (SSSR count). The molecule has 0 aliphatic heterocycles. The third-order valence-electron chi connectivity index (χ3n) is 12.9. The third kappa shape index (κ3) is 11.1. The molecule has 5 aromatic carbocycles. The Hall–Kier alpha value is -8.26. The monoisotopic (exact) mass is 962 g/mol. The van der Waals surface area contributed by atoms with Gasteiger partial charge in [0.1, 0.15) is 36.9 Å². The maximum Gasteiger partial charge on any atom is 0.339 e. The maximum absolute atomic E-state index is 13.5. The number of benzene rings is 5. The van der Waals surface area contributed by atoms with Gasteiger partial charge in [-0.05, 0) is 103 Å². The Labute approximate surface area is 411 Å². The lowest BCUT2D eigenvalue weighted by molar-refractivity contribution is -0.176. The number of ether oxygens (including phenoxy) is 6. The molecule has 0 aromatic heterocycles. The van der Waals surface area contributed by atoms with E-state index >= 15 is 0 Å². The lowest BCUT2D eigenvalue weighted by Crippen LogP contribution is -2.45. The van der Waals surface area contributed by atoms with Crippen LogP contribution in [0.2, 0.25) is 0 Å². The summed E-state index contributed by atoms with van der Waals surface area (Å²) in [5.74, 6) is -6.99. The van der Waals surface area contributed by atoms with Gasteiger partial charge in [-0.25, -0.2) is 19.2 Å². The van der Waals surface area contributed by atoms with E-state index in [4.69, 9.17) is 28.4 Å². The average Bonchev–Trinajstić information content (AvgIpc) is 3.67. The number of hydrogen-bond donors (Lipinski definition) is 2. The van der Waals surface area contributed by atoms with Crippen LogP contribution in [0.5, 0.6) is 11.5 Å². The molecule has 4 atom stereocenters. The van der Waals surface area contributed by atoms with Crippen molar-refractivity contribution in [2.45, 2.75) is 50.7 Å². The largest absolute Gasteiger partial charge is 0.493 e. The van der Waals surface area contributed by atoms with E-state index in [9.17, 15) is 39.0 Å². The van der Waals surface area contributed by atoms with Gasteiger partial charge in [0.15, 0.2) is 6.10 Å². The molecule has 0 saturated heterocycles. The SMILES string of the molecule is C=CC(=O)OCC(COc1ccc(C2(c3ccc(OCC(COC(=O)C=C)C(C)(C)OC(=O)C4CC=CCC4C(=O)O)cc3)c3ccccc3-c3ccccc32)cc1)OC(=O)c1ccc(C)cc1C(=O)O. The van der Waals surface area contributed by atoms with Crippen molar-refractivity contribution in [1.29, 1.82) is 0 Å². The van der Waals surface area contributed by atoms with Crippen LogP contribution in [0.25, 0.3) is 11.1 Å². The van der Waals surface area contributed by atoms with Crippen molar-refractivity contribution in [1.82, 2.24) is 0 Å². The smallest absolute Gasteiger partial charge is 0.339 e. The summed E-state index contributed by atoms with van der Waals surface area (Å²) in [6.45, 7) is 11.1. The number of aryl methyl sites for hydroxylation is 1. The Balaban J connectivity index is 1.15. The number of aliphatic carboxylic acids is 1. The number of hydrogen-bond acceptors (Lipinski definition) is 12.